The predicted octanol–water partition coefficient (Wildman–Crippen LogP) is 8.64. The van der Waals surface area contributed by atoms with Crippen molar-refractivity contribution < 1.29 is 54.8 Å². The first-order valence-corrected chi connectivity index (χ1v) is 19.8. The summed E-state index contributed by atoms with van der Waals surface area (Å²) in [4.78, 5) is 15.6. The summed E-state index contributed by atoms with van der Waals surface area (Å²) in [6.07, 6.45) is -2.42. The van der Waals surface area contributed by atoms with E-state index in [0.29, 0.717) is 37.3 Å². The van der Waals surface area contributed by atoms with Crippen LogP contribution in [0.2, 0.25) is 0 Å². The Morgan fingerprint density at radius 3 is 2.07 bits per heavy atom. The number of benzene rings is 2. The molecule has 0 aromatic heterocycles. The molecule has 308 valence electrons. The third kappa shape index (κ3) is 12.5. The number of amides is 1. The minimum absolute atomic E-state index is 0.0550. The van der Waals surface area contributed by atoms with E-state index in [2.05, 4.69) is 38.7 Å². The van der Waals surface area contributed by atoms with Gasteiger partial charge in [-0.15, -0.1) is 9.12 Å². The van der Waals surface area contributed by atoms with Crippen LogP contribution in [0.5, 0.6) is 0 Å². The molecule has 0 radical (unpaired) electrons. The van der Waals surface area contributed by atoms with Crippen molar-refractivity contribution in [1.29, 1.82) is 0 Å². The number of hydrogen-bond acceptors (Lipinski definition) is 7. The Labute approximate surface area is 327 Å². The number of alkyl halides is 6. The molecule has 2 saturated carbocycles. The van der Waals surface area contributed by atoms with Gasteiger partial charge in [-0.2, -0.15) is 38.8 Å². The van der Waals surface area contributed by atoms with Crippen molar-refractivity contribution in [1.82, 2.24) is 10.2 Å². The zero-order valence-corrected chi connectivity index (χ0v) is 33.6. The van der Waals surface area contributed by atoms with E-state index in [1.807, 2.05) is 0 Å². The van der Waals surface area contributed by atoms with Gasteiger partial charge in [-0.3, -0.25) is 4.79 Å². The average molecular weight is 825 g/mol. The van der Waals surface area contributed by atoms with Crippen molar-refractivity contribution in [3.63, 3.8) is 0 Å². The van der Waals surface area contributed by atoms with Gasteiger partial charge in [-0.05, 0) is 117 Å². The molecule has 5 rings (SSSR count). The van der Waals surface area contributed by atoms with E-state index in [-0.39, 0.29) is 53.6 Å². The van der Waals surface area contributed by atoms with Gasteiger partial charge in [-0.1, -0.05) is 19.1 Å². The Bertz CT molecular complexity index is 1510. The molecule has 4 atom stereocenters. The number of aliphatic hydroxyl groups excluding tert-OH is 1. The molecule has 3 fully saturated rings. The molecule has 55 heavy (non-hydrogen) atoms. The second kappa shape index (κ2) is 19.2. The highest BCUT2D eigenvalue weighted by molar-refractivity contribution is 8.23. The van der Waals surface area contributed by atoms with Crippen LogP contribution >= 0.6 is 21.6 Å². The maximum Gasteiger partial charge on any atom is 0.416 e. The number of nitrogens with one attached hydrogen (secondary N) is 1. The van der Waals surface area contributed by atoms with Crippen LogP contribution in [0.4, 0.5) is 30.7 Å². The molecular weight excluding hydrogens is 771 g/mol. The second-order valence-electron chi connectivity index (χ2n) is 15.4. The van der Waals surface area contributed by atoms with Crippen LogP contribution in [0, 0.1) is 16.6 Å². The number of likely N-dealkylation sites (tertiary alicyclic amines) is 1. The Hall–Kier alpha value is -1.94. The van der Waals surface area contributed by atoms with E-state index >= 15 is 0 Å². The highest BCUT2D eigenvalue weighted by Crippen LogP contribution is 2.48. The van der Waals surface area contributed by atoms with Gasteiger partial charge in [0.2, 0.25) is 5.91 Å². The highest BCUT2D eigenvalue weighted by Gasteiger charge is 2.48. The number of ether oxygens (including phenoxy) is 2. The number of rotatable bonds is 13. The predicted molar refractivity (Wildman–Crippen MR) is 204 cm³/mol. The van der Waals surface area contributed by atoms with Crippen LogP contribution < -0.4 is 5.32 Å². The van der Waals surface area contributed by atoms with Crippen LogP contribution in [0.25, 0.3) is 0 Å². The number of thiol groups is 1. The van der Waals surface area contributed by atoms with Gasteiger partial charge in [0.15, 0.2) is 5.79 Å². The molecule has 1 saturated heterocycles. The summed E-state index contributed by atoms with van der Waals surface area (Å²) in [6, 6.07) is 7.83. The van der Waals surface area contributed by atoms with Crippen molar-refractivity contribution in [2.45, 2.75) is 108 Å². The Morgan fingerprint density at radius 2 is 1.56 bits per heavy atom. The summed E-state index contributed by atoms with van der Waals surface area (Å²) in [5, 5.41) is 12.2. The summed E-state index contributed by atoms with van der Waals surface area (Å²) in [7, 11) is 5.96. The lowest BCUT2D eigenvalue weighted by Gasteiger charge is -2.37. The minimum atomic E-state index is -4.97. The van der Waals surface area contributed by atoms with Crippen molar-refractivity contribution in [3.05, 3.63) is 70.5 Å². The fraction of sp³-hybridized carbons (Fsp3) is 0.658. The molecule has 4 unspecified atom stereocenters. The first-order chi connectivity index (χ1) is 25.8. The molecule has 7 nitrogen and oxygen atoms in total. The number of hydrogen-bond donors (Lipinski definition) is 3. The summed E-state index contributed by atoms with van der Waals surface area (Å²) in [5.74, 6) is -0.904. The number of carbonyl (C=O) groups excluding carboxylic acids is 1. The molecule has 2 N–H and O–H groups in total. The Kier molecular flexibility index (Phi) is 16.0. The number of methoxy groups -OCH3 is 2. The first-order valence-electron chi connectivity index (χ1n) is 18.6. The number of piperidine rings is 1. The largest absolute Gasteiger partial charge is 0.422 e. The average Bonchev–Trinajstić information content (AvgIpc) is 3.73. The molecule has 3 aliphatic rings. The fourth-order valence-corrected chi connectivity index (χ4v) is 8.63. The summed E-state index contributed by atoms with van der Waals surface area (Å²) >= 11 is 4.16. The molecule has 1 aliphatic heterocycles. The Morgan fingerprint density at radius 1 is 0.964 bits per heavy atom. The van der Waals surface area contributed by atoms with E-state index in [0.717, 1.165) is 63.8 Å². The number of nitrogens with zero attached hydrogens (tertiary/aromatic N) is 1. The van der Waals surface area contributed by atoms with Crippen LogP contribution in [0.3, 0.4) is 0 Å². The number of carbonyl (C=O) groups is 1. The van der Waals surface area contributed by atoms with E-state index in [4.69, 9.17) is 14.1 Å². The number of halogens is 7. The normalized spacial score (nSPS) is 24.7. The molecule has 2 aromatic rings. The lowest BCUT2D eigenvalue weighted by Crippen LogP contribution is -2.43. The van der Waals surface area contributed by atoms with Crippen LogP contribution in [-0.4, -0.2) is 74.2 Å². The molecule has 17 heteroatoms. The lowest BCUT2D eigenvalue weighted by atomic mass is 9.81. The maximum atomic E-state index is 13.3. The standard InChI is InChI=1S/C28H31F7N2O2.C10H22BO3PS/c29-23-3-1-19(2-4-23)20-6-10-37(11-7-20)24-5-8-26(16-24,9-12-38)25(39)36-17-18-13-21(27(30,31)32)15-22(14-18)28(33,34)35;1-9(6-7-14-11(15)16)4-5-10(8-9,12-2)13-3/h1-4,13-15,20,24,38H,5-12,16-17H2,(H,36,39);16H,4-8,15H2,1-3H3. The molecule has 1 amide bonds. The third-order valence-electron chi connectivity index (χ3n) is 11.7. The molecule has 2 aliphatic carbocycles. The van der Waals surface area contributed by atoms with Crippen LogP contribution in [0.15, 0.2) is 42.5 Å². The van der Waals surface area contributed by atoms with E-state index < -0.39 is 41.3 Å². The van der Waals surface area contributed by atoms with E-state index in [1.165, 1.54) is 12.1 Å². The fourth-order valence-electron chi connectivity index (χ4n) is 8.39. The summed E-state index contributed by atoms with van der Waals surface area (Å²) in [6.45, 7) is 3.81. The quantitative estimate of drug-likeness (QED) is 0.0618. The van der Waals surface area contributed by atoms with Crippen molar-refractivity contribution >= 4 is 33.4 Å². The van der Waals surface area contributed by atoms with E-state index in [9.17, 15) is 40.6 Å². The van der Waals surface area contributed by atoms with Crippen LogP contribution in [0.1, 0.15) is 99.3 Å². The molecule has 2 aromatic carbocycles. The van der Waals surface area contributed by atoms with Crippen molar-refractivity contribution in [2.24, 2.45) is 10.8 Å². The van der Waals surface area contributed by atoms with Gasteiger partial charge in [0.05, 0.1) is 16.5 Å². The van der Waals surface area contributed by atoms with Gasteiger partial charge in [-0.25, -0.2) is 4.39 Å². The van der Waals surface area contributed by atoms with Crippen molar-refractivity contribution in [2.75, 3.05) is 40.5 Å². The van der Waals surface area contributed by atoms with Gasteiger partial charge in [0.25, 0.3) is 0 Å². The zero-order chi connectivity index (χ0) is 40.7. The summed E-state index contributed by atoms with van der Waals surface area (Å²) < 4.78 is 109. The SMILES string of the molecule is COC1(OC)CCC(C)(CCOB(P)S)C1.O=C(NCc1cc(C(F)(F)F)cc(C(F)(F)F)c1)C1(CCO)CCC(N2CCC(c3ccc(F)cc3)CC2)C1. The summed E-state index contributed by atoms with van der Waals surface area (Å²) in [5.41, 5.74) is -2.80. The lowest BCUT2D eigenvalue weighted by molar-refractivity contribution is -0.205. The highest BCUT2D eigenvalue weighted by atomic mass is 32.1. The second-order valence-corrected chi connectivity index (χ2v) is 17.1. The topological polar surface area (TPSA) is 80.3 Å². The zero-order valence-electron chi connectivity index (χ0n) is 31.6. The first kappa shape index (κ1) is 45.8. The minimum Gasteiger partial charge on any atom is -0.422 e. The van der Waals surface area contributed by atoms with Gasteiger partial charge in [0.1, 0.15) is 5.82 Å². The Balaban J connectivity index is 0.000000352. The van der Waals surface area contributed by atoms with Crippen molar-refractivity contribution in [3.8, 4) is 0 Å². The van der Waals surface area contributed by atoms with Gasteiger partial charge >= 0.3 is 18.3 Å². The van der Waals surface area contributed by atoms with Gasteiger partial charge in [0, 0.05) is 52.9 Å². The number of aliphatic hydroxyl groups is 1. The van der Waals surface area contributed by atoms with Gasteiger partial charge < -0.3 is 29.5 Å². The molecule has 0 spiro atoms. The third-order valence-corrected chi connectivity index (χ3v) is 12.0. The smallest absolute Gasteiger partial charge is 0.416 e. The van der Waals surface area contributed by atoms with E-state index in [1.54, 1.807) is 26.4 Å². The van der Waals surface area contributed by atoms with Crippen LogP contribution in [-0.2, 0) is 37.8 Å². The monoisotopic (exact) mass is 824 g/mol. The molecular formula is C38H53BF7N2O5PS. The maximum absolute atomic E-state index is 13.3. The molecule has 0 bridgehead atoms. The molecule has 1 heterocycles.